The first kappa shape index (κ1) is 17.1. The molecule has 0 aliphatic rings. The summed E-state index contributed by atoms with van der Waals surface area (Å²) in [5.74, 6) is 0.695. The molecule has 19 heavy (non-hydrogen) atoms. The lowest BCUT2D eigenvalue weighted by Gasteiger charge is -2.21. The van der Waals surface area contributed by atoms with Gasteiger partial charge in [-0.25, -0.2) is 0 Å². The molecule has 0 aliphatic carbocycles. The van der Waals surface area contributed by atoms with Gasteiger partial charge in [-0.3, -0.25) is 0 Å². The van der Waals surface area contributed by atoms with E-state index in [1.54, 1.807) is 0 Å². The largest absolute Gasteiger partial charge is 0.310 e. The summed E-state index contributed by atoms with van der Waals surface area (Å²) in [6.07, 6.45) is 1.17. The summed E-state index contributed by atoms with van der Waals surface area (Å²) in [5.41, 5.74) is 1.40. The van der Waals surface area contributed by atoms with Crippen LogP contribution in [0, 0.1) is 5.92 Å². The molecule has 3 heteroatoms. The molecule has 0 heterocycles. The van der Waals surface area contributed by atoms with E-state index in [0.29, 0.717) is 17.2 Å². The van der Waals surface area contributed by atoms with E-state index in [-0.39, 0.29) is 0 Å². The Balaban J connectivity index is 2.90. The molecule has 1 aromatic rings. The Bertz CT molecular complexity index is 392. The minimum absolute atomic E-state index is 0.402. The molecule has 1 aromatic carbocycles. The van der Waals surface area contributed by atoms with Gasteiger partial charge in [0.15, 0.2) is 0 Å². The maximum Gasteiger partial charge on any atom is 0.0303 e. The van der Waals surface area contributed by atoms with Crippen molar-refractivity contribution < 1.29 is 0 Å². The number of hydrogen-bond donors (Lipinski definition) is 1. The van der Waals surface area contributed by atoms with Crippen molar-refractivity contribution in [1.82, 2.24) is 5.32 Å². The Hall–Kier alpha value is 0.01000. The number of benzene rings is 1. The minimum atomic E-state index is 0.402. The lowest BCUT2D eigenvalue weighted by atomic mass is 10.1. The molecule has 2 unspecified atom stereocenters. The highest BCUT2D eigenvalue weighted by Crippen LogP contribution is 2.34. The van der Waals surface area contributed by atoms with Crippen LogP contribution in [0.2, 0.25) is 0 Å². The molecule has 1 rings (SSSR count). The van der Waals surface area contributed by atoms with Gasteiger partial charge in [0.1, 0.15) is 0 Å². The van der Waals surface area contributed by atoms with Gasteiger partial charge in [-0.1, -0.05) is 43.6 Å². The lowest BCUT2D eigenvalue weighted by molar-refractivity contribution is 0.563. The summed E-state index contributed by atoms with van der Waals surface area (Å²) in [5, 5.41) is 4.22. The van der Waals surface area contributed by atoms with Crippen LogP contribution < -0.4 is 5.32 Å². The standard InChI is InChI=1S/C16H26BrNS/c1-6-9-18-12(4)15-10-14(17)7-8-16(15)19-13(5)11(2)3/h7-8,10-13,18H,6,9H2,1-5H3. The quantitative estimate of drug-likeness (QED) is 0.642. The number of thioether (sulfide) groups is 1. The highest BCUT2D eigenvalue weighted by molar-refractivity contribution is 9.10. The molecule has 1 N–H and O–H groups in total. The predicted octanol–water partition coefficient (Wildman–Crippen LogP) is 5.65. The molecule has 0 aliphatic heterocycles. The van der Waals surface area contributed by atoms with E-state index in [0.717, 1.165) is 11.0 Å². The first-order valence-corrected chi connectivity index (χ1v) is 8.82. The van der Waals surface area contributed by atoms with Crippen LogP contribution in [-0.2, 0) is 0 Å². The Kier molecular flexibility index (Phi) is 7.48. The van der Waals surface area contributed by atoms with Crippen LogP contribution in [0.1, 0.15) is 52.6 Å². The number of halogens is 1. The van der Waals surface area contributed by atoms with E-state index in [1.165, 1.54) is 16.9 Å². The topological polar surface area (TPSA) is 12.0 Å². The summed E-state index contributed by atoms with van der Waals surface area (Å²) >= 11 is 5.58. The lowest BCUT2D eigenvalue weighted by Crippen LogP contribution is -2.20. The van der Waals surface area contributed by atoms with E-state index < -0.39 is 0 Å². The summed E-state index contributed by atoms with van der Waals surface area (Å²) in [7, 11) is 0. The third-order valence-corrected chi connectivity index (χ3v) is 5.43. The predicted molar refractivity (Wildman–Crippen MR) is 91.0 cm³/mol. The van der Waals surface area contributed by atoms with Crippen LogP contribution in [0.3, 0.4) is 0 Å². The third kappa shape index (κ3) is 5.49. The first-order valence-electron chi connectivity index (χ1n) is 7.15. The number of nitrogens with one attached hydrogen (secondary N) is 1. The fourth-order valence-electron chi connectivity index (χ4n) is 1.77. The average molecular weight is 344 g/mol. The van der Waals surface area contributed by atoms with Gasteiger partial charge in [-0.05, 0) is 49.6 Å². The van der Waals surface area contributed by atoms with Crippen molar-refractivity contribution in [2.75, 3.05) is 6.54 Å². The van der Waals surface area contributed by atoms with Gasteiger partial charge in [0.2, 0.25) is 0 Å². The van der Waals surface area contributed by atoms with Crippen molar-refractivity contribution in [1.29, 1.82) is 0 Å². The van der Waals surface area contributed by atoms with E-state index in [9.17, 15) is 0 Å². The van der Waals surface area contributed by atoms with Gasteiger partial charge in [0.05, 0.1) is 0 Å². The fourth-order valence-corrected chi connectivity index (χ4v) is 3.34. The van der Waals surface area contributed by atoms with Crippen LogP contribution >= 0.6 is 27.7 Å². The Morgan fingerprint density at radius 2 is 1.89 bits per heavy atom. The summed E-state index contributed by atoms with van der Waals surface area (Å²) in [6, 6.07) is 7.04. The van der Waals surface area contributed by atoms with Gasteiger partial charge in [-0.15, -0.1) is 11.8 Å². The van der Waals surface area contributed by atoms with E-state index >= 15 is 0 Å². The molecule has 2 atom stereocenters. The minimum Gasteiger partial charge on any atom is -0.310 e. The van der Waals surface area contributed by atoms with Crippen molar-refractivity contribution in [2.45, 2.75) is 57.2 Å². The van der Waals surface area contributed by atoms with Gasteiger partial charge in [0.25, 0.3) is 0 Å². The molecular formula is C16H26BrNS. The van der Waals surface area contributed by atoms with Crippen LogP contribution in [0.15, 0.2) is 27.6 Å². The van der Waals surface area contributed by atoms with Crippen molar-refractivity contribution in [3.05, 3.63) is 28.2 Å². The van der Waals surface area contributed by atoms with Crippen molar-refractivity contribution in [3.63, 3.8) is 0 Å². The summed E-state index contributed by atoms with van der Waals surface area (Å²) in [6.45, 7) is 12.4. The monoisotopic (exact) mass is 343 g/mol. The highest BCUT2D eigenvalue weighted by Gasteiger charge is 2.15. The molecule has 0 amide bonds. The zero-order valence-electron chi connectivity index (χ0n) is 12.7. The molecule has 0 radical (unpaired) electrons. The zero-order valence-corrected chi connectivity index (χ0v) is 15.1. The second-order valence-corrected chi connectivity index (χ2v) is 7.76. The van der Waals surface area contributed by atoms with Crippen molar-refractivity contribution >= 4 is 27.7 Å². The van der Waals surface area contributed by atoms with Gasteiger partial charge >= 0.3 is 0 Å². The smallest absolute Gasteiger partial charge is 0.0303 e. The average Bonchev–Trinajstić information content (AvgIpc) is 2.37. The van der Waals surface area contributed by atoms with E-state index in [2.05, 4.69) is 74.1 Å². The molecule has 0 saturated carbocycles. The molecule has 0 aromatic heterocycles. The molecule has 0 saturated heterocycles. The molecule has 108 valence electrons. The first-order chi connectivity index (χ1) is 8.95. The van der Waals surface area contributed by atoms with Crippen LogP contribution in [0.4, 0.5) is 0 Å². The van der Waals surface area contributed by atoms with Crippen LogP contribution in [0.25, 0.3) is 0 Å². The maximum absolute atomic E-state index is 3.59. The Labute approximate surface area is 131 Å². The normalized spacial score (nSPS) is 14.7. The summed E-state index contributed by atoms with van der Waals surface area (Å²) < 4.78 is 1.16. The van der Waals surface area contributed by atoms with E-state index in [1.807, 2.05) is 11.8 Å². The van der Waals surface area contributed by atoms with Gasteiger partial charge < -0.3 is 5.32 Å². The van der Waals surface area contributed by atoms with Crippen molar-refractivity contribution in [2.24, 2.45) is 5.92 Å². The van der Waals surface area contributed by atoms with Gasteiger partial charge in [-0.2, -0.15) is 0 Å². The third-order valence-electron chi connectivity index (χ3n) is 3.39. The second-order valence-electron chi connectivity index (χ2n) is 5.42. The molecule has 0 spiro atoms. The zero-order chi connectivity index (χ0) is 14.4. The van der Waals surface area contributed by atoms with Gasteiger partial charge in [0, 0.05) is 20.7 Å². The SMILES string of the molecule is CCCNC(C)c1cc(Br)ccc1SC(C)C(C)C. The molecular weight excluding hydrogens is 318 g/mol. The van der Waals surface area contributed by atoms with Crippen LogP contribution in [0.5, 0.6) is 0 Å². The number of rotatable bonds is 7. The Morgan fingerprint density at radius 1 is 1.21 bits per heavy atom. The fraction of sp³-hybridized carbons (Fsp3) is 0.625. The Morgan fingerprint density at radius 3 is 2.47 bits per heavy atom. The summed E-state index contributed by atoms with van der Waals surface area (Å²) in [4.78, 5) is 1.40. The molecule has 0 fully saturated rings. The number of hydrogen-bond acceptors (Lipinski definition) is 2. The molecule has 1 nitrogen and oxygen atoms in total. The second kappa shape index (κ2) is 8.33. The maximum atomic E-state index is 3.59. The van der Waals surface area contributed by atoms with E-state index in [4.69, 9.17) is 0 Å². The van der Waals surface area contributed by atoms with Crippen molar-refractivity contribution in [3.8, 4) is 0 Å². The highest BCUT2D eigenvalue weighted by atomic mass is 79.9. The molecule has 0 bridgehead atoms. The van der Waals surface area contributed by atoms with Crippen LogP contribution in [-0.4, -0.2) is 11.8 Å².